The van der Waals surface area contributed by atoms with Gasteiger partial charge in [-0.05, 0) is 47.9 Å². The Kier molecular flexibility index (Phi) is 2.59. The molecule has 0 spiro atoms. The van der Waals surface area contributed by atoms with Crippen LogP contribution in [0.25, 0.3) is 11.3 Å². The van der Waals surface area contributed by atoms with Crippen LogP contribution in [-0.4, -0.2) is 15.1 Å². The van der Waals surface area contributed by atoms with Gasteiger partial charge >= 0.3 is 0 Å². The number of hydrogen-bond acceptors (Lipinski definition) is 3. The Morgan fingerprint density at radius 3 is 2.79 bits per heavy atom. The molecule has 2 aromatic rings. The first-order valence-corrected chi connectivity index (χ1v) is 6.63. The Hall–Kier alpha value is -1.90. The maximum atomic E-state index is 9.50. The Morgan fingerprint density at radius 1 is 1.26 bits per heavy atom. The normalized spacial score (nSPS) is 16.4. The fourth-order valence-corrected chi connectivity index (χ4v) is 2.98. The van der Waals surface area contributed by atoms with Crippen LogP contribution in [0.15, 0.2) is 24.5 Å². The molecular formula is C16H18N2O. The van der Waals surface area contributed by atoms with Crippen molar-refractivity contribution >= 4 is 0 Å². The minimum absolute atomic E-state index is 0.0412. The van der Waals surface area contributed by atoms with Crippen molar-refractivity contribution < 1.29 is 5.11 Å². The average molecular weight is 254 g/mol. The zero-order valence-electron chi connectivity index (χ0n) is 11.6. The molecule has 1 N–H and O–H groups in total. The largest absolute Gasteiger partial charge is 0.493 e. The highest BCUT2D eigenvalue weighted by molar-refractivity contribution is 5.66. The predicted octanol–water partition coefficient (Wildman–Crippen LogP) is 3.38. The van der Waals surface area contributed by atoms with Crippen molar-refractivity contribution in [3.05, 3.63) is 41.2 Å². The molecule has 2 aromatic heterocycles. The summed E-state index contributed by atoms with van der Waals surface area (Å²) in [6.45, 7) is 6.68. The van der Waals surface area contributed by atoms with Crippen molar-refractivity contribution in [1.29, 1.82) is 0 Å². The number of pyridine rings is 2. The molecule has 1 aliphatic carbocycles. The molecule has 0 saturated carbocycles. The van der Waals surface area contributed by atoms with Crippen molar-refractivity contribution in [2.24, 2.45) is 0 Å². The van der Waals surface area contributed by atoms with Crippen LogP contribution in [0.3, 0.4) is 0 Å². The smallest absolute Gasteiger partial charge is 0.211 e. The highest BCUT2D eigenvalue weighted by Gasteiger charge is 2.31. The third kappa shape index (κ3) is 1.89. The Labute approximate surface area is 113 Å². The maximum Gasteiger partial charge on any atom is 0.211 e. The molecule has 3 nitrogen and oxygen atoms in total. The minimum atomic E-state index is 0.0412. The zero-order valence-corrected chi connectivity index (χ0v) is 11.6. The van der Waals surface area contributed by atoms with Crippen molar-refractivity contribution in [2.75, 3.05) is 0 Å². The molecule has 0 aromatic carbocycles. The standard InChI is InChI=1S/C16H18N2O/c1-10-12-4-6-16(2,3)13(12)9-18-15(10)11-5-7-17-14(19)8-11/h5,7-9H,4,6H2,1-3H3,(H,17,19). The molecule has 0 fully saturated rings. The SMILES string of the molecule is Cc1c(-c2ccnc(O)c2)ncc2c1CCC2(C)C. The number of aromatic hydroxyl groups is 1. The fourth-order valence-electron chi connectivity index (χ4n) is 2.98. The summed E-state index contributed by atoms with van der Waals surface area (Å²) in [6.07, 6.45) is 5.90. The van der Waals surface area contributed by atoms with Crippen molar-refractivity contribution in [3.8, 4) is 17.1 Å². The van der Waals surface area contributed by atoms with Gasteiger partial charge in [0.25, 0.3) is 0 Å². The monoisotopic (exact) mass is 254 g/mol. The van der Waals surface area contributed by atoms with E-state index < -0.39 is 0 Å². The summed E-state index contributed by atoms with van der Waals surface area (Å²) in [5, 5.41) is 9.50. The molecule has 3 rings (SSSR count). The second-order valence-corrected chi connectivity index (χ2v) is 5.91. The van der Waals surface area contributed by atoms with E-state index in [0.29, 0.717) is 0 Å². The van der Waals surface area contributed by atoms with Crippen LogP contribution in [-0.2, 0) is 11.8 Å². The van der Waals surface area contributed by atoms with Gasteiger partial charge in [-0.2, -0.15) is 0 Å². The first kappa shape index (κ1) is 12.2. The minimum Gasteiger partial charge on any atom is -0.493 e. The summed E-state index contributed by atoms with van der Waals surface area (Å²) < 4.78 is 0. The first-order valence-electron chi connectivity index (χ1n) is 6.63. The van der Waals surface area contributed by atoms with Gasteiger partial charge in [0.05, 0.1) is 5.69 Å². The topological polar surface area (TPSA) is 46.0 Å². The third-order valence-corrected chi connectivity index (χ3v) is 4.20. The van der Waals surface area contributed by atoms with E-state index in [9.17, 15) is 5.11 Å². The summed E-state index contributed by atoms with van der Waals surface area (Å²) in [6, 6.07) is 3.56. The predicted molar refractivity (Wildman–Crippen MR) is 75.2 cm³/mol. The van der Waals surface area contributed by atoms with Gasteiger partial charge in [0.15, 0.2) is 0 Å². The lowest BCUT2D eigenvalue weighted by Gasteiger charge is -2.19. The van der Waals surface area contributed by atoms with Gasteiger partial charge in [-0.1, -0.05) is 13.8 Å². The molecule has 2 heterocycles. The van der Waals surface area contributed by atoms with E-state index in [1.165, 1.54) is 23.1 Å². The molecule has 98 valence electrons. The molecule has 0 aliphatic heterocycles. The summed E-state index contributed by atoms with van der Waals surface area (Å²) in [5.74, 6) is 0.0412. The lowest BCUT2D eigenvalue weighted by Crippen LogP contribution is -2.12. The van der Waals surface area contributed by atoms with E-state index >= 15 is 0 Å². The maximum absolute atomic E-state index is 9.50. The molecule has 3 heteroatoms. The highest BCUT2D eigenvalue weighted by atomic mass is 16.3. The summed E-state index contributed by atoms with van der Waals surface area (Å²) in [4.78, 5) is 8.44. The van der Waals surface area contributed by atoms with E-state index in [1.807, 2.05) is 12.3 Å². The quantitative estimate of drug-likeness (QED) is 0.848. The van der Waals surface area contributed by atoms with Crippen LogP contribution in [0.2, 0.25) is 0 Å². The molecule has 19 heavy (non-hydrogen) atoms. The number of nitrogens with zero attached hydrogens (tertiary/aromatic N) is 2. The number of rotatable bonds is 1. The zero-order chi connectivity index (χ0) is 13.6. The van der Waals surface area contributed by atoms with E-state index in [4.69, 9.17) is 0 Å². The summed E-state index contributed by atoms with van der Waals surface area (Å²) in [5.41, 5.74) is 6.13. The van der Waals surface area contributed by atoms with Crippen LogP contribution >= 0.6 is 0 Å². The van der Waals surface area contributed by atoms with E-state index in [1.54, 1.807) is 12.3 Å². The molecule has 0 atom stereocenters. The fraction of sp³-hybridized carbons (Fsp3) is 0.375. The van der Waals surface area contributed by atoms with Crippen LogP contribution in [0.4, 0.5) is 0 Å². The lowest BCUT2D eigenvalue weighted by atomic mass is 9.87. The molecule has 0 radical (unpaired) electrons. The van der Waals surface area contributed by atoms with E-state index in [0.717, 1.165) is 17.7 Å². The highest BCUT2D eigenvalue weighted by Crippen LogP contribution is 2.41. The van der Waals surface area contributed by atoms with Gasteiger partial charge in [-0.3, -0.25) is 4.98 Å². The third-order valence-electron chi connectivity index (χ3n) is 4.20. The van der Waals surface area contributed by atoms with Gasteiger partial charge in [0.2, 0.25) is 5.88 Å². The molecule has 0 bridgehead atoms. The van der Waals surface area contributed by atoms with Crippen molar-refractivity contribution in [3.63, 3.8) is 0 Å². The second-order valence-electron chi connectivity index (χ2n) is 5.91. The first-order chi connectivity index (χ1) is 8.99. The average Bonchev–Trinajstić information content (AvgIpc) is 2.67. The van der Waals surface area contributed by atoms with Gasteiger partial charge in [0, 0.05) is 24.0 Å². The van der Waals surface area contributed by atoms with Gasteiger partial charge in [-0.15, -0.1) is 0 Å². The van der Waals surface area contributed by atoms with Crippen LogP contribution in [0, 0.1) is 6.92 Å². The molecular weight excluding hydrogens is 236 g/mol. The summed E-state index contributed by atoms with van der Waals surface area (Å²) >= 11 is 0. The Balaban J connectivity index is 2.16. The second kappa shape index (κ2) is 4.05. The van der Waals surface area contributed by atoms with E-state index in [-0.39, 0.29) is 11.3 Å². The van der Waals surface area contributed by atoms with Gasteiger partial charge in [-0.25, -0.2) is 4.98 Å². The van der Waals surface area contributed by atoms with Crippen molar-refractivity contribution in [1.82, 2.24) is 9.97 Å². The van der Waals surface area contributed by atoms with Crippen LogP contribution in [0.5, 0.6) is 5.88 Å². The van der Waals surface area contributed by atoms with Crippen LogP contribution < -0.4 is 0 Å². The molecule has 0 amide bonds. The Morgan fingerprint density at radius 2 is 2.05 bits per heavy atom. The van der Waals surface area contributed by atoms with Gasteiger partial charge < -0.3 is 5.11 Å². The molecule has 0 unspecified atom stereocenters. The Bertz CT molecular complexity index is 647. The van der Waals surface area contributed by atoms with E-state index in [2.05, 4.69) is 30.7 Å². The molecule has 0 saturated heterocycles. The number of fused-ring (bicyclic) bond motifs is 1. The number of aromatic nitrogens is 2. The van der Waals surface area contributed by atoms with Crippen molar-refractivity contribution in [2.45, 2.75) is 39.0 Å². The van der Waals surface area contributed by atoms with Crippen LogP contribution in [0.1, 0.15) is 37.0 Å². The number of hydrogen-bond donors (Lipinski definition) is 1. The lowest BCUT2D eigenvalue weighted by molar-refractivity contribution is 0.454. The molecule has 1 aliphatic rings. The van der Waals surface area contributed by atoms with Gasteiger partial charge in [0.1, 0.15) is 0 Å². The summed E-state index contributed by atoms with van der Waals surface area (Å²) in [7, 11) is 0.